The quantitative estimate of drug-likeness (QED) is 0.0338. The Labute approximate surface area is 384 Å². The number of carbonyl (C=O) groups is 4. The molecule has 0 aromatic rings. The second kappa shape index (κ2) is 48.3. The first-order chi connectivity index (χ1) is 29.9. The van der Waals surface area contributed by atoms with Gasteiger partial charge in [0.2, 0.25) is 0 Å². The van der Waals surface area contributed by atoms with E-state index in [9.17, 15) is 19.2 Å². The highest BCUT2D eigenvalue weighted by Gasteiger charge is 2.10. The number of hydrogen-bond donors (Lipinski definition) is 0. The molecule has 0 aliphatic carbocycles. The SMILES string of the molecule is CC(C)COC(=O)CCCCCCCCCCCCCC(C)CCC(=O)OCC(C)C.CCCCOC(=O)CCCCCCCCCCCCCC(C)CCC(=O)OCCCC. The molecule has 0 radical (unpaired) electrons. The van der Waals surface area contributed by atoms with Gasteiger partial charge in [-0.1, -0.05) is 209 Å². The maximum Gasteiger partial charge on any atom is 0.305 e. The van der Waals surface area contributed by atoms with E-state index in [0.717, 1.165) is 64.2 Å². The molecule has 0 heterocycles. The summed E-state index contributed by atoms with van der Waals surface area (Å²) in [6, 6.07) is 0. The first-order valence-electron chi connectivity index (χ1n) is 26.5. The number of esters is 4. The standard InChI is InChI=1S/2C27H52O4/c1-23(2)21-30-26(28)18-16-14-12-10-8-6-7-9-11-13-15-17-25(5)19-20-27(29)31-22-24(3)4;1-4-6-23-30-26(28)20-18-16-14-12-10-8-9-11-13-15-17-19-25(3)21-22-27(29)31-24-7-5-2/h23-25H,6-22H2,1-5H3;25H,4-24H2,1-3H3. The van der Waals surface area contributed by atoms with E-state index in [1.54, 1.807) is 0 Å². The zero-order valence-electron chi connectivity index (χ0n) is 42.4. The second-order valence-corrected chi connectivity index (χ2v) is 19.4. The molecule has 2 unspecified atom stereocenters. The molecule has 0 aromatic heterocycles. The van der Waals surface area contributed by atoms with Crippen LogP contribution in [0.2, 0.25) is 0 Å². The molecule has 0 saturated heterocycles. The Kier molecular flexibility index (Phi) is 48.3. The zero-order chi connectivity index (χ0) is 46.3. The highest BCUT2D eigenvalue weighted by atomic mass is 16.5. The van der Waals surface area contributed by atoms with E-state index in [-0.39, 0.29) is 23.9 Å². The highest BCUT2D eigenvalue weighted by molar-refractivity contribution is 5.70. The monoisotopic (exact) mass is 881 g/mol. The molecule has 0 aliphatic rings. The van der Waals surface area contributed by atoms with Crippen molar-refractivity contribution in [2.24, 2.45) is 23.7 Å². The van der Waals surface area contributed by atoms with Crippen LogP contribution in [-0.2, 0) is 38.1 Å². The van der Waals surface area contributed by atoms with Crippen LogP contribution >= 0.6 is 0 Å². The minimum absolute atomic E-state index is 0.0206. The van der Waals surface area contributed by atoms with Crippen LogP contribution in [0.25, 0.3) is 0 Å². The van der Waals surface area contributed by atoms with Gasteiger partial charge in [-0.25, -0.2) is 0 Å². The molecule has 0 saturated carbocycles. The molecule has 0 rings (SSSR count). The van der Waals surface area contributed by atoms with Gasteiger partial charge in [-0.15, -0.1) is 0 Å². The van der Waals surface area contributed by atoms with Crippen LogP contribution in [0.3, 0.4) is 0 Å². The van der Waals surface area contributed by atoms with Gasteiger partial charge in [-0.2, -0.15) is 0 Å². The summed E-state index contributed by atoms with van der Waals surface area (Å²) in [5.41, 5.74) is 0. The fourth-order valence-electron chi connectivity index (χ4n) is 7.19. The van der Waals surface area contributed by atoms with Crippen molar-refractivity contribution in [3.63, 3.8) is 0 Å². The molecule has 62 heavy (non-hydrogen) atoms. The van der Waals surface area contributed by atoms with Crippen molar-refractivity contribution in [3.05, 3.63) is 0 Å². The van der Waals surface area contributed by atoms with Crippen molar-refractivity contribution < 1.29 is 38.1 Å². The molecule has 0 fully saturated rings. The second-order valence-electron chi connectivity index (χ2n) is 19.4. The van der Waals surface area contributed by atoms with Crippen molar-refractivity contribution in [2.45, 2.75) is 274 Å². The maximum absolute atomic E-state index is 11.7. The third kappa shape index (κ3) is 52.2. The van der Waals surface area contributed by atoms with Gasteiger partial charge in [0, 0.05) is 25.7 Å². The third-order valence-electron chi connectivity index (χ3n) is 11.5. The molecule has 8 heteroatoms. The fourth-order valence-corrected chi connectivity index (χ4v) is 7.19. The summed E-state index contributed by atoms with van der Waals surface area (Å²) in [4.78, 5) is 46.3. The summed E-state index contributed by atoms with van der Waals surface area (Å²) in [5, 5.41) is 0. The Morgan fingerprint density at radius 3 is 0.871 bits per heavy atom. The first kappa shape index (κ1) is 62.0. The van der Waals surface area contributed by atoms with Gasteiger partial charge in [0.05, 0.1) is 26.4 Å². The smallest absolute Gasteiger partial charge is 0.305 e. The summed E-state index contributed by atoms with van der Waals surface area (Å²) < 4.78 is 20.8. The predicted octanol–water partition coefficient (Wildman–Crippen LogP) is 16.0. The molecular weight excluding hydrogens is 777 g/mol. The highest BCUT2D eigenvalue weighted by Crippen LogP contribution is 2.19. The van der Waals surface area contributed by atoms with E-state index >= 15 is 0 Å². The lowest BCUT2D eigenvalue weighted by molar-refractivity contribution is -0.145. The topological polar surface area (TPSA) is 105 Å². The van der Waals surface area contributed by atoms with E-state index in [4.69, 9.17) is 18.9 Å². The van der Waals surface area contributed by atoms with E-state index in [0.29, 0.717) is 75.8 Å². The molecular formula is C54H104O8. The number of carbonyl (C=O) groups excluding carboxylic acids is 4. The first-order valence-corrected chi connectivity index (χ1v) is 26.5. The Morgan fingerprint density at radius 1 is 0.306 bits per heavy atom. The molecule has 0 aromatic carbocycles. The molecule has 2 atom stereocenters. The minimum Gasteiger partial charge on any atom is -0.466 e. The van der Waals surface area contributed by atoms with Gasteiger partial charge >= 0.3 is 23.9 Å². The minimum atomic E-state index is -0.0373. The Bertz CT molecular complexity index is 995. The van der Waals surface area contributed by atoms with Crippen LogP contribution in [0.5, 0.6) is 0 Å². The van der Waals surface area contributed by atoms with Crippen molar-refractivity contribution in [1.29, 1.82) is 0 Å². The molecule has 368 valence electrons. The van der Waals surface area contributed by atoms with Crippen molar-refractivity contribution in [3.8, 4) is 0 Å². The summed E-state index contributed by atoms with van der Waals surface area (Å²) >= 11 is 0. The lowest BCUT2D eigenvalue weighted by Crippen LogP contribution is -2.11. The van der Waals surface area contributed by atoms with Gasteiger partial charge in [0.15, 0.2) is 0 Å². The largest absolute Gasteiger partial charge is 0.466 e. The van der Waals surface area contributed by atoms with Crippen LogP contribution in [0.1, 0.15) is 274 Å². The molecule has 0 aliphatic heterocycles. The van der Waals surface area contributed by atoms with Crippen LogP contribution < -0.4 is 0 Å². The van der Waals surface area contributed by atoms with Gasteiger partial charge in [-0.3, -0.25) is 19.2 Å². The van der Waals surface area contributed by atoms with Gasteiger partial charge in [0.1, 0.15) is 0 Å². The van der Waals surface area contributed by atoms with Crippen LogP contribution in [0, 0.1) is 23.7 Å². The van der Waals surface area contributed by atoms with E-state index < -0.39 is 0 Å². The lowest BCUT2D eigenvalue weighted by atomic mass is 9.97. The predicted molar refractivity (Wildman–Crippen MR) is 260 cm³/mol. The Morgan fingerprint density at radius 2 is 0.565 bits per heavy atom. The summed E-state index contributed by atoms with van der Waals surface area (Å²) in [5.74, 6) is 1.96. The summed E-state index contributed by atoms with van der Waals surface area (Å²) in [7, 11) is 0. The molecule has 0 N–H and O–H groups in total. The van der Waals surface area contributed by atoms with Crippen molar-refractivity contribution in [2.75, 3.05) is 26.4 Å². The summed E-state index contributed by atoms with van der Waals surface area (Å²) in [6.45, 7) is 19.2. The molecule has 0 bridgehead atoms. The number of unbranched alkanes of at least 4 members (excludes halogenated alkanes) is 22. The molecule has 8 nitrogen and oxygen atoms in total. The fraction of sp³-hybridized carbons (Fsp3) is 0.926. The molecule has 0 amide bonds. The zero-order valence-corrected chi connectivity index (χ0v) is 42.4. The number of hydrogen-bond acceptors (Lipinski definition) is 8. The van der Waals surface area contributed by atoms with E-state index in [2.05, 4.69) is 55.4 Å². The third-order valence-corrected chi connectivity index (χ3v) is 11.5. The normalized spacial score (nSPS) is 12.2. The number of rotatable bonds is 44. The van der Waals surface area contributed by atoms with Gasteiger partial charge in [-0.05, 0) is 62.2 Å². The number of ether oxygens (including phenoxy) is 4. The lowest BCUT2D eigenvalue weighted by Gasteiger charge is -2.11. The molecule has 0 spiro atoms. The van der Waals surface area contributed by atoms with Crippen molar-refractivity contribution >= 4 is 23.9 Å². The summed E-state index contributed by atoms with van der Waals surface area (Å²) in [6.07, 6.45) is 38.7. The van der Waals surface area contributed by atoms with Gasteiger partial charge < -0.3 is 18.9 Å². The average molecular weight is 881 g/mol. The van der Waals surface area contributed by atoms with E-state index in [1.807, 2.05) is 0 Å². The van der Waals surface area contributed by atoms with Crippen molar-refractivity contribution in [1.82, 2.24) is 0 Å². The van der Waals surface area contributed by atoms with Crippen LogP contribution in [0.15, 0.2) is 0 Å². The maximum atomic E-state index is 11.7. The van der Waals surface area contributed by atoms with Crippen LogP contribution in [0.4, 0.5) is 0 Å². The van der Waals surface area contributed by atoms with Gasteiger partial charge in [0.25, 0.3) is 0 Å². The van der Waals surface area contributed by atoms with E-state index in [1.165, 1.54) is 128 Å². The Hall–Kier alpha value is -2.12. The average Bonchev–Trinajstić information content (AvgIpc) is 3.24. The Balaban J connectivity index is 0. The van der Waals surface area contributed by atoms with Crippen LogP contribution in [-0.4, -0.2) is 50.3 Å².